The van der Waals surface area contributed by atoms with E-state index in [1.165, 1.54) is 12.1 Å². The van der Waals surface area contributed by atoms with Crippen molar-refractivity contribution in [3.8, 4) is 5.75 Å². The van der Waals surface area contributed by atoms with Crippen LogP contribution >= 0.6 is 23.2 Å². The molecule has 0 saturated carbocycles. The zero-order valence-electron chi connectivity index (χ0n) is 25.4. The van der Waals surface area contributed by atoms with Gasteiger partial charge in [0.25, 0.3) is 5.91 Å². The Hall–Kier alpha value is -3.66. The van der Waals surface area contributed by atoms with E-state index in [4.69, 9.17) is 47.5 Å². The molecule has 2 atom stereocenters. The third kappa shape index (κ3) is 9.19. The first-order valence-electron chi connectivity index (χ1n) is 14.7. The van der Waals surface area contributed by atoms with Crippen molar-refractivity contribution in [2.24, 2.45) is 4.99 Å². The highest BCUT2D eigenvalue weighted by Gasteiger charge is 2.54. The SMILES string of the molecule is CC(C)(C)OC(=O)CC[C@@]1(C(=O)NCCc2ccc(F)cc2)N=C(c2ccc(OCCCO)cc2)O[C@@H]1c1ccc(Cl)cc1Cl. The van der Waals surface area contributed by atoms with E-state index < -0.39 is 29.1 Å². The molecule has 0 bridgehead atoms. The van der Waals surface area contributed by atoms with Gasteiger partial charge in [0.1, 0.15) is 17.2 Å². The fraction of sp³-hybridized carbons (Fsp3) is 0.382. The third-order valence-corrected chi connectivity index (χ3v) is 7.58. The first kappa shape index (κ1) is 34.2. The Morgan fingerprint density at radius 1 is 1.07 bits per heavy atom. The summed E-state index contributed by atoms with van der Waals surface area (Å²) in [4.78, 5) is 32.0. The van der Waals surface area contributed by atoms with E-state index >= 15 is 0 Å². The van der Waals surface area contributed by atoms with Crippen LogP contribution < -0.4 is 10.1 Å². The molecule has 0 fully saturated rings. The van der Waals surface area contributed by atoms with Crippen molar-refractivity contribution in [3.63, 3.8) is 0 Å². The summed E-state index contributed by atoms with van der Waals surface area (Å²) < 4.78 is 31.0. The lowest BCUT2D eigenvalue weighted by molar-refractivity contribution is -0.155. The molecule has 4 rings (SSSR count). The van der Waals surface area contributed by atoms with Gasteiger partial charge in [0, 0.05) is 47.2 Å². The Bertz CT molecular complexity index is 1510. The number of hydrogen-bond donors (Lipinski definition) is 2. The molecular formula is C34H37Cl2FN2O6. The van der Waals surface area contributed by atoms with Crippen LogP contribution in [0.1, 0.15) is 62.8 Å². The largest absolute Gasteiger partial charge is 0.494 e. The van der Waals surface area contributed by atoms with Gasteiger partial charge in [-0.05, 0) is 87.7 Å². The quantitative estimate of drug-likeness (QED) is 0.158. The number of nitrogens with zero attached hydrogens (tertiary/aromatic N) is 1. The molecule has 0 spiro atoms. The number of halogens is 3. The maximum atomic E-state index is 14.2. The summed E-state index contributed by atoms with van der Waals surface area (Å²) in [6.07, 6.45) is -0.235. The second-order valence-corrected chi connectivity index (χ2v) is 12.5. The van der Waals surface area contributed by atoms with E-state index in [0.29, 0.717) is 41.3 Å². The Labute approximate surface area is 272 Å². The van der Waals surface area contributed by atoms with Gasteiger partial charge in [0.05, 0.1) is 6.61 Å². The van der Waals surface area contributed by atoms with Gasteiger partial charge in [-0.15, -0.1) is 0 Å². The number of hydrogen-bond acceptors (Lipinski definition) is 7. The maximum Gasteiger partial charge on any atom is 0.306 e. The molecule has 45 heavy (non-hydrogen) atoms. The first-order chi connectivity index (χ1) is 21.4. The van der Waals surface area contributed by atoms with E-state index in [9.17, 15) is 14.0 Å². The Kier molecular flexibility index (Phi) is 11.5. The number of aliphatic imine (C=N–C) groups is 1. The van der Waals surface area contributed by atoms with Crippen LogP contribution in [0.5, 0.6) is 5.75 Å². The number of nitrogens with one attached hydrogen (secondary N) is 1. The molecule has 8 nitrogen and oxygen atoms in total. The second kappa shape index (κ2) is 15.1. The summed E-state index contributed by atoms with van der Waals surface area (Å²) in [5.74, 6) is -0.525. The van der Waals surface area contributed by atoms with Crippen LogP contribution in [0.15, 0.2) is 71.7 Å². The molecule has 0 unspecified atom stereocenters. The number of rotatable bonds is 13. The topological polar surface area (TPSA) is 106 Å². The van der Waals surface area contributed by atoms with E-state index in [0.717, 1.165) is 5.56 Å². The van der Waals surface area contributed by atoms with Crippen molar-refractivity contribution >= 4 is 41.0 Å². The number of aliphatic hydroxyl groups is 1. The van der Waals surface area contributed by atoms with Gasteiger partial charge in [-0.2, -0.15) is 0 Å². The Morgan fingerprint density at radius 2 is 1.78 bits per heavy atom. The molecule has 0 saturated heterocycles. The molecule has 3 aromatic carbocycles. The van der Waals surface area contributed by atoms with Crippen LogP contribution in [0, 0.1) is 5.82 Å². The average Bonchev–Trinajstić information content (AvgIpc) is 3.37. The van der Waals surface area contributed by atoms with Gasteiger partial charge in [-0.1, -0.05) is 41.4 Å². The number of aliphatic hydroxyl groups excluding tert-OH is 1. The summed E-state index contributed by atoms with van der Waals surface area (Å²) in [5.41, 5.74) is -0.435. The molecule has 1 aliphatic rings. The predicted molar refractivity (Wildman–Crippen MR) is 171 cm³/mol. The van der Waals surface area contributed by atoms with Crippen molar-refractivity contribution in [1.29, 1.82) is 0 Å². The zero-order valence-corrected chi connectivity index (χ0v) is 27.0. The van der Waals surface area contributed by atoms with Crippen LogP contribution in [0.4, 0.5) is 4.39 Å². The summed E-state index contributed by atoms with van der Waals surface area (Å²) in [7, 11) is 0. The highest BCUT2D eigenvalue weighted by Crippen LogP contribution is 2.45. The molecule has 1 heterocycles. The van der Waals surface area contributed by atoms with Gasteiger partial charge in [-0.3, -0.25) is 9.59 Å². The second-order valence-electron chi connectivity index (χ2n) is 11.7. The van der Waals surface area contributed by atoms with E-state index in [2.05, 4.69) is 5.32 Å². The van der Waals surface area contributed by atoms with Crippen LogP contribution in [0.3, 0.4) is 0 Å². The minimum absolute atomic E-state index is 0.0225. The van der Waals surface area contributed by atoms with Gasteiger partial charge in [-0.25, -0.2) is 9.38 Å². The molecule has 2 N–H and O–H groups in total. The summed E-state index contributed by atoms with van der Waals surface area (Å²) in [6, 6.07) is 17.9. The minimum Gasteiger partial charge on any atom is -0.494 e. The first-order valence-corrected chi connectivity index (χ1v) is 15.5. The predicted octanol–water partition coefficient (Wildman–Crippen LogP) is 6.63. The van der Waals surface area contributed by atoms with Gasteiger partial charge in [0.2, 0.25) is 5.90 Å². The number of esters is 1. The van der Waals surface area contributed by atoms with Crippen molar-refractivity contribution in [1.82, 2.24) is 5.32 Å². The maximum absolute atomic E-state index is 14.2. The van der Waals surface area contributed by atoms with Crippen LogP contribution in [-0.4, -0.2) is 53.8 Å². The van der Waals surface area contributed by atoms with Crippen LogP contribution in [-0.2, 0) is 25.5 Å². The Morgan fingerprint density at radius 3 is 2.42 bits per heavy atom. The van der Waals surface area contributed by atoms with Gasteiger partial charge >= 0.3 is 5.97 Å². The number of carbonyl (C=O) groups excluding carboxylic acids is 2. The average molecular weight is 660 g/mol. The summed E-state index contributed by atoms with van der Waals surface area (Å²) >= 11 is 12.9. The normalized spacial score (nSPS) is 17.8. The van der Waals surface area contributed by atoms with E-state index in [1.54, 1.807) is 75.4 Å². The number of benzene rings is 3. The molecule has 11 heteroatoms. The molecule has 240 valence electrons. The lowest BCUT2D eigenvalue weighted by Gasteiger charge is -2.31. The molecule has 1 amide bonds. The minimum atomic E-state index is -1.61. The molecule has 0 radical (unpaired) electrons. The monoisotopic (exact) mass is 658 g/mol. The van der Waals surface area contributed by atoms with Crippen molar-refractivity contribution in [2.75, 3.05) is 19.8 Å². The lowest BCUT2D eigenvalue weighted by atomic mass is 9.83. The zero-order chi connectivity index (χ0) is 32.6. The Balaban J connectivity index is 1.70. The standard InChI is InChI=1S/C34H37Cl2FN2O6/c1-33(2,3)45-29(41)15-17-34(32(42)38-18-16-22-5-10-25(37)11-6-22)30(27-14-9-24(35)21-28(27)36)44-31(39-34)23-7-12-26(13-8-23)43-20-4-19-40/h5-14,21,30,40H,4,15-20H2,1-3H3,(H,38,42)/t30-,34-/m1/s1. The third-order valence-electron chi connectivity index (χ3n) is 7.02. The lowest BCUT2D eigenvalue weighted by Crippen LogP contribution is -2.49. The molecule has 3 aromatic rings. The number of ether oxygens (including phenoxy) is 3. The molecule has 0 aromatic heterocycles. The molecule has 1 aliphatic heterocycles. The fourth-order valence-corrected chi connectivity index (χ4v) is 5.38. The van der Waals surface area contributed by atoms with E-state index in [1.807, 2.05) is 0 Å². The fourth-order valence-electron chi connectivity index (χ4n) is 4.87. The van der Waals surface area contributed by atoms with Crippen molar-refractivity contribution < 1.29 is 33.3 Å². The van der Waals surface area contributed by atoms with Crippen molar-refractivity contribution in [2.45, 2.75) is 63.7 Å². The van der Waals surface area contributed by atoms with E-state index in [-0.39, 0.29) is 42.7 Å². The highest BCUT2D eigenvalue weighted by molar-refractivity contribution is 6.35. The van der Waals surface area contributed by atoms with Gasteiger partial charge < -0.3 is 24.6 Å². The van der Waals surface area contributed by atoms with Crippen LogP contribution in [0.25, 0.3) is 0 Å². The van der Waals surface area contributed by atoms with Gasteiger partial charge in [0.15, 0.2) is 11.6 Å². The highest BCUT2D eigenvalue weighted by atomic mass is 35.5. The summed E-state index contributed by atoms with van der Waals surface area (Å²) in [5, 5.41) is 12.7. The van der Waals surface area contributed by atoms with Crippen molar-refractivity contribution in [3.05, 3.63) is 99.3 Å². The smallest absolute Gasteiger partial charge is 0.306 e. The van der Waals surface area contributed by atoms with Crippen LogP contribution in [0.2, 0.25) is 10.0 Å². The molecule has 0 aliphatic carbocycles. The molecular weight excluding hydrogens is 622 g/mol. The number of amides is 1. The summed E-state index contributed by atoms with van der Waals surface area (Å²) in [6.45, 7) is 5.91. The number of carbonyl (C=O) groups is 2.